The Labute approximate surface area is 111 Å². The largest absolute Gasteiger partial charge is 0.358 e. The van der Waals surface area contributed by atoms with Crippen molar-refractivity contribution < 1.29 is 13.6 Å². The number of hydrogen-bond acceptors (Lipinski definition) is 4. The van der Waals surface area contributed by atoms with Crippen LogP contribution in [0.4, 0.5) is 0 Å². The smallest absolute Gasteiger partial charge is 0.307 e. The first-order valence-electron chi connectivity index (χ1n) is 6.73. The van der Waals surface area contributed by atoms with E-state index in [9.17, 15) is 4.57 Å². The zero-order valence-electron chi connectivity index (χ0n) is 12.4. The molecule has 0 aromatic rings. The molecule has 0 spiro atoms. The molecule has 0 saturated carbocycles. The molecule has 1 atom stereocenters. The Morgan fingerprint density at radius 2 is 1.67 bits per heavy atom. The van der Waals surface area contributed by atoms with Crippen molar-refractivity contribution in [2.75, 3.05) is 13.2 Å². The molecule has 0 radical (unpaired) electrons. The summed E-state index contributed by atoms with van der Waals surface area (Å²) < 4.78 is 24.1. The number of rotatable bonds is 6. The maximum absolute atomic E-state index is 13.1. The molecule has 1 aliphatic heterocycles. The Hall–Kier alpha value is -0.180. The molecule has 1 aliphatic rings. The Morgan fingerprint density at radius 1 is 1.17 bits per heavy atom. The molecule has 1 rings (SSSR count). The summed E-state index contributed by atoms with van der Waals surface area (Å²) >= 11 is 0. The van der Waals surface area contributed by atoms with Gasteiger partial charge in [0.25, 0.3) is 0 Å². The Morgan fingerprint density at radius 3 is 2.00 bits per heavy atom. The standard InChI is InChI=1S/C13H26NO3P/c1-7-11-10-12(4,5)13(6,14-11)18(15,16-8-2)17-9-3/h7-10H2,1-6H3. The monoisotopic (exact) mass is 275 g/mol. The van der Waals surface area contributed by atoms with E-state index in [0.29, 0.717) is 13.2 Å². The van der Waals surface area contributed by atoms with Gasteiger partial charge in [-0.05, 0) is 33.6 Å². The molecule has 4 nitrogen and oxygen atoms in total. The molecule has 0 amide bonds. The normalized spacial score (nSPS) is 27.3. The zero-order chi connectivity index (χ0) is 14.0. The third kappa shape index (κ3) is 2.43. The molecule has 18 heavy (non-hydrogen) atoms. The maximum atomic E-state index is 13.1. The maximum Gasteiger partial charge on any atom is 0.358 e. The number of hydrogen-bond donors (Lipinski definition) is 0. The Kier molecular flexibility index (Phi) is 4.80. The van der Waals surface area contributed by atoms with Crippen molar-refractivity contribution in [1.82, 2.24) is 0 Å². The van der Waals surface area contributed by atoms with Gasteiger partial charge in [0.05, 0.1) is 13.2 Å². The summed E-state index contributed by atoms with van der Waals surface area (Å²) in [5, 5.41) is -0.780. The second-order valence-corrected chi connectivity index (χ2v) is 7.83. The summed E-state index contributed by atoms with van der Waals surface area (Å²) in [6.07, 6.45) is 1.74. The van der Waals surface area contributed by atoms with Gasteiger partial charge in [-0.15, -0.1) is 0 Å². The highest BCUT2D eigenvalue weighted by atomic mass is 31.2. The molecule has 5 heteroatoms. The Bertz CT molecular complexity index is 368. The van der Waals surface area contributed by atoms with E-state index in [1.807, 2.05) is 20.8 Å². The quantitative estimate of drug-likeness (QED) is 0.681. The predicted molar refractivity (Wildman–Crippen MR) is 75.4 cm³/mol. The summed E-state index contributed by atoms with van der Waals surface area (Å²) in [5.74, 6) is 0. The van der Waals surface area contributed by atoms with Crippen molar-refractivity contribution in [2.24, 2.45) is 10.4 Å². The van der Waals surface area contributed by atoms with Crippen molar-refractivity contribution in [3.8, 4) is 0 Å². The van der Waals surface area contributed by atoms with Crippen molar-refractivity contribution in [1.29, 1.82) is 0 Å². The molecule has 0 aliphatic carbocycles. The molecule has 0 N–H and O–H groups in total. The van der Waals surface area contributed by atoms with E-state index in [1.54, 1.807) is 0 Å². The molecule has 0 aromatic carbocycles. The van der Waals surface area contributed by atoms with Crippen LogP contribution in [0.5, 0.6) is 0 Å². The van der Waals surface area contributed by atoms with E-state index in [1.165, 1.54) is 0 Å². The van der Waals surface area contributed by atoms with Crippen LogP contribution in [0.25, 0.3) is 0 Å². The molecule has 0 saturated heterocycles. The average molecular weight is 275 g/mol. The van der Waals surface area contributed by atoms with Gasteiger partial charge in [0, 0.05) is 11.1 Å². The second kappa shape index (κ2) is 5.44. The minimum atomic E-state index is -3.24. The molecule has 0 aromatic heterocycles. The van der Waals surface area contributed by atoms with Gasteiger partial charge >= 0.3 is 7.60 Å². The van der Waals surface area contributed by atoms with Crippen LogP contribution < -0.4 is 0 Å². The summed E-state index contributed by atoms with van der Waals surface area (Å²) in [7, 11) is -3.24. The lowest BCUT2D eigenvalue weighted by molar-refractivity contribution is 0.164. The lowest BCUT2D eigenvalue weighted by Crippen LogP contribution is -2.37. The lowest BCUT2D eigenvalue weighted by atomic mass is 9.83. The molecule has 1 unspecified atom stereocenters. The van der Waals surface area contributed by atoms with Gasteiger partial charge < -0.3 is 9.05 Å². The SMILES string of the molecule is CCOP(=O)(OCC)C1(C)N=C(CC)CC1(C)C. The van der Waals surface area contributed by atoms with E-state index >= 15 is 0 Å². The van der Waals surface area contributed by atoms with E-state index in [-0.39, 0.29) is 5.41 Å². The summed E-state index contributed by atoms with van der Waals surface area (Å²) in [6.45, 7) is 12.6. The third-order valence-electron chi connectivity index (χ3n) is 3.84. The topological polar surface area (TPSA) is 47.9 Å². The predicted octanol–water partition coefficient (Wildman–Crippen LogP) is 4.25. The van der Waals surface area contributed by atoms with E-state index < -0.39 is 12.9 Å². The van der Waals surface area contributed by atoms with Crippen molar-refractivity contribution in [3.05, 3.63) is 0 Å². The van der Waals surface area contributed by atoms with Crippen LogP contribution in [-0.4, -0.2) is 24.2 Å². The molecular formula is C13H26NO3P. The van der Waals surface area contributed by atoms with Crippen LogP contribution in [0, 0.1) is 5.41 Å². The fraction of sp³-hybridized carbons (Fsp3) is 0.923. The number of aliphatic imine (C=N–C) groups is 1. The van der Waals surface area contributed by atoms with Gasteiger partial charge in [-0.3, -0.25) is 9.56 Å². The first kappa shape index (κ1) is 15.9. The van der Waals surface area contributed by atoms with Crippen LogP contribution >= 0.6 is 7.60 Å². The van der Waals surface area contributed by atoms with Gasteiger partial charge in [-0.25, -0.2) is 0 Å². The van der Waals surface area contributed by atoms with E-state index in [0.717, 1.165) is 18.6 Å². The van der Waals surface area contributed by atoms with Crippen LogP contribution in [0.3, 0.4) is 0 Å². The third-order valence-corrected chi connectivity index (χ3v) is 6.81. The zero-order valence-corrected chi connectivity index (χ0v) is 13.3. The molecule has 0 bridgehead atoms. The second-order valence-electron chi connectivity index (χ2n) is 5.45. The minimum Gasteiger partial charge on any atom is -0.307 e. The number of nitrogens with zero attached hydrogens (tertiary/aromatic N) is 1. The summed E-state index contributed by atoms with van der Waals surface area (Å²) in [6, 6.07) is 0. The summed E-state index contributed by atoms with van der Waals surface area (Å²) in [4.78, 5) is 4.70. The van der Waals surface area contributed by atoms with Crippen LogP contribution in [0.15, 0.2) is 4.99 Å². The van der Waals surface area contributed by atoms with Crippen molar-refractivity contribution in [2.45, 2.75) is 59.7 Å². The lowest BCUT2D eigenvalue weighted by Gasteiger charge is -2.40. The van der Waals surface area contributed by atoms with Gasteiger partial charge in [-0.2, -0.15) is 0 Å². The average Bonchev–Trinajstić information content (AvgIpc) is 2.51. The molecule has 106 valence electrons. The highest BCUT2D eigenvalue weighted by Gasteiger charge is 2.59. The van der Waals surface area contributed by atoms with Crippen molar-refractivity contribution in [3.63, 3.8) is 0 Å². The molecule has 1 heterocycles. The van der Waals surface area contributed by atoms with Gasteiger partial charge in [0.1, 0.15) is 0 Å². The van der Waals surface area contributed by atoms with Gasteiger partial charge in [0.2, 0.25) is 0 Å². The van der Waals surface area contributed by atoms with Gasteiger partial charge in [0.15, 0.2) is 5.28 Å². The first-order valence-corrected chi connectivity index (χ1v) is 8.27. The molecule has 0 fully saturated rings. The highest BCUT2D eigenvalue weighted by Crippen LogP contribution is 2.69. The van der Waals surface area contributed by atoms with Crippen LogP contribution in [-0.2, 0) is 13.6 Å². The first-order chi connectivity index (χ1) is 8.26. The van der Waals surface area contributed by atoms with Crippen LogP contribution in [0.1, 0.15) is 54.4 Å². The van der Waals surface area contributed by atoms with E-state index in [2.05, 4.69) is 20.8 Å². The van der Waals surface area contributed by atoms with E-state index in [4.69, 9.17) is 14.0 Å². The fourth-order valence-electron chi connectivity index (χ4n) is 2.44. The van der Waals surface area contributed by atoms with Crippen LogP contribution in [0.2, 0.25) is 0 Å². The summed E-state index contributed by atoms with van der Waals surface area (Å²) in [5.41, 5.74) is 0.889. The minimum absolute atomic E-state index is 0.210. The Balaban J connectivity index is 3.23. The van der Waals surface area contributed by atoms with Gasteiger partial charge in [-0.1, -0.05) is 20.8 Å². The fourth-order valence-corrected chi connectivity index (χ4v) is 4.78. The molecular weight excluding hydrogens is 249 g/mol. The highest BCUT2D eigenvalue weighted by molar-refractivity contribution is 7.55. The van der Waals surface area contributed by atoms with Crippen molar-refractivity contribution >= 4 is 13.3 Å².